The fourth-order valence-corrected chi connectivity index (χ4v) is 7.72. The van der Waals surface area contributed by atoms with Crippen LogP contribution in [-0.2, 0) is 22.4 Å². The predicted molar refractivity (Wildman–Crippen MR) is 174 cm³/mol. The quantitative estimate of drug-likeness (QED) is 0.210. The number of hydrogen-bond donors (Lipinski definition) is 0. The summed E-state index contributed by atoms with van der Waals surface area (Å²) in [4.78, 5) is 38.3. The van der Waals surface area contributed by atoms with Crippen molar-refractivity contribution in [2.24, 2.45) is 23.7 Å². The van der Waals surface area contributed by atoms with E-state index in [0.717, 1.165) is 50.0 Å². The molecule has 1 saturated carbocycles. The Morgan fingerprint density at radius 1 is 0.976 bits per heavy atom. The van der Waals surface area contributed by atoms with Crippen molar-refractivity contribution >= 4 is 17.3 Å². The minimum atomic E-state index is -0.0757. The first-order valence-electron chi connectivity index (χ1n) is 17.3. The van der Waals surface area contributed by atoms with Gasteiger partial charge in [-0.05, 0) is 91.9 Å². The lowest BCUT2D eigenvalue weighted by Gasteiger charge is -2.33. The van der Waals surface area contributed by atoms with Gasteiger partial charge in [-0.3, -0.25) is 14.4 Å². The Bertz CT molecular complexity index is 982. The van der Waals surface area contributed by atoms with Gasteiger partial charge >= 0.3 is 0 Å². The monoisotopic (exact) mass is 566 g/mol. The minimum Gasteiger partial charge on any atom is -0.300 e. The fraction of sp³-hybridized carbons (Fsp3) is 0.763. The van der Waals surface area contributed by atoms with E-state index in [1.807, 2.05) is 0 Å². The first kappa shape index (κ1) is 35.4. The average Bonchev–Trinajstić information content (AvgIpc) is 2.90. The van der Waals surface area contributed by atoms with Gasteiger partial charge < -0.3 is 0 Å². The molecule has 0 saturated heterocycles. The first-order valence-corrected chi connectivity index (χ1v) is 17.3. The maximum absolute atomic E-state index is 13.7. The molecule has 2 aliphatic rings. The summed E-state index contributed by atoms with van der Waals surface area (Å²) in [6, 6.07) is 2.43. The molecule has 0 radical (unpaired) electrons. The fourth-order valence-electron chi connectivity index (χ4n) is 7.72. The van der Waals surface area contributed by atoms with Crippen molar-refractivity contribution in [3.8, 4) is 0 Å². The van der Waals surface area contributed by atoms with Crippen molar-refractivity contribution in [1.82, 2.24) is 0 Å². The molecule has 0 heterocycles. The van der Waals surface area contributed by atoms with E-state index in [1.54, 1.807) is 0 Å². The summed E-state index contributed by atoms with van der Waals surface area (Å²) < 4.78 is 0. The highest BCUT2D eigenvalue weighted by Gasteiger charge is 2.34. The van der Waals surface area contributed by atoms with Crippen LogP contribution in [0.5, 0.6) is 0 Å². The van der Waals surface area contributed by atoms with Gasteiger partial charge in [0.25, 0.3) is 0 Å². The van der Waals surface area contributed by atoms with Crippen LogP contribution in [0.1, 0.15) is 177 Å². The van der Waals surface area contributed by atoms with Gasteiger partial charge in [0, 0.05) is 17.9 Å². The average molecular weight is 567 g/mol. The van der Waals surface area contributed by atoms with Gasteiger partial charge in [-0.25, -0.2) is 0 Å². The molecule has 0 aromatic heterocycles. The predicted octanol–water partition coefficient (Wildman–Crippen LogP) is 10.6. The first-order chi connectivity index (χ1) is 19.6. The van der Waals surface area contributed by atoms with E-state index >= 15 is 0 Å². The number of rotatable bonds is 14. The summed E-state index contributed by atoms with van der Waals surface area (Å²) in [5.41, 5.74) is 6.28. The van der Waals surface area contributed by atoms with Crippen LogP contribution in [0.2, 0.25) is 0 Å². The topological polar surface area (TPSA) is 51.2 Å². The lowest BCUT2D eigenvalue weighted by atomic mass is 9.70. The number of fused-ring (bicyclic) bond motifs is 1. The van der Waals surface area contributed by atoms with E-state index < -0.39 is 0 Å². The molecule has 3 rings (SSSR count). The molecule has 0 amide bonds. The van der Waals surface area contributed by atoms with E-state index in [0.29, 0.717) is 18.1 Å². The molecular formula is C38H62O3. The number of aryl methyl sites for hydroxylation is 1. The molecule has 0 aliphatic heterocycles. The van der Waals surface area contributed by atoms with Gasteiger partial charge in [0.05, 0.1) is 6.42 Å². The van der Waals surface area contributed by atoms with Gasteiger partial charge in [-0.2, -0.15) is 0 Å². The number of hydrogen-bond acceptors (Lipinski definition) is 3. The smallest absolute Gasteiger partial charge is 0.163 e. The van der Waals surface area contributed by atoms with Crippen molar-refractivity contribution in [3.63, 3.8) is 0 Å². The number of ketones is 3. The minimum absolute atomic E-state index is 0.0444. The van der Waals surface area contributed by atoms with E-state index in [1.165, 1.54) is 80.5 Å². The normalized spacial score (nSPS) is 18.9. The van der Waals surface area contributed by atoms with Crippen LogP contribution in [0.3, 0.4) is 0 Å². The van der Waals surface area contributed by atoms with Gasteiger partial charge in [0.15, 0.2) is 5.78 Å². The zero-order valence-electron chi connectivity index (χ0n) is 28.0. The van der Waals surface area contributed by atoms with Gasteiger partial charge in [-0.1, -0.05) is 105 Å². The zero-order valence-corrected chi connectivity index (χ0v) is 28.0. The number of Topliss-reactive ketones (excluding diaryl/α,β-unsaturated/α-hetero) is 3. The molecular weight excluding hydrogens is 504 g/mol. The molecule has 1 aromatic carbocycles. The van der Waals surface area contributed by atoms with Gasteiger partial charge in [-0.15, -0.1) is 0 Å². The number of carbonyl (C=O) groups is 3. The summed E-state index contributed by atoms with van der Waals surface area (Å²) in [5.74, 6) is 2.10. The van der Waals surface area contributed by atoms with E-state index in [-0.39, 0.29) is 35.7 Å². The zero-order chi connectivity index (χ0) is 30.5. The summed E-state index contributed by atoms with van der Waals surface area (Å²) in [5, 5.41) is 0. The number of carbonyl (C=O) groups excluding carboxylic acids is 3. The van der Waals surface area contributed by atoms with Crippen molar-refractivity contribution < 1.29 is 14.4 Å². The third kappa shape index (κ3) is 10.5. The molecule has 41 heavy (non-hydrogen) atoms. The van der Waals surface area contributed by atoms with E-state index in [9.17, 15) is 14.4 Å². The molecule has 0 spiro atoms. The SMILES string of the molecule is CCC.CCCC(CC1CC(=O)c2c(C)c(CCCC3CCCCC3)cc(C(C)C)c2C1)C(CC)C(=O)CC(C)=O. The highest BCUT2D eigenvalue weighted by molar-refractivity contribution is 6.01. The Morgan fingerprint density at radius 2 is 1.63 bits per heavy atom. The van der Waals surface area contributed by atoms with Crippen molar-refractivity contribution in [1.29, 1.82) is 0 Å². The summed E-state index contributed by atoms with van der Waals surface area (Å²) in [6.45, 7) is 16.7. The molecule has 3 unspecified atom stereocenters. The molecule has 1 fully saturated rings. The molecule has 0 bridgehead atoms. The molecule has 1 aromatic rings. The van der Waals surface area contributed by atoms with Crippen molar-refractivity contribution in [2.45, 2.75) is 164 Å². The van der Waals surface area contributed by atoms with Crippen LogP contribution in [-0.4, -0.2) is 17.3 Å². The third-order valence-electron chi connectivity index (χ3n) is 9.63. The largest absolute Gasteiger partial charge is 0.300 e. The van der Waals surface area contributed by atoms with Gasteiger partial charge in [0.2, 0.25) is 0 Å². The van der Waals surface area contributed by atoms with Crippen LogP contribution >= 0.6 is 0 Å². The Hall–Kier alpha value is -1.77. The van der Waals surface area contributed by atoms with Crippen LogP contribution in [0, 0.1) is 30.6 Å². The summed E-state index contributed by atoms with van der Waals surface area (Å²) >= 11 is 0. The maximum Gasteiger partial charge on any atom is 0.163 e. The maximum atomic E-state index is 13.7. The van der Waals surface area contributed by atoms with E-state index in [2.05, 4.69) is 54.5 Å². The van der Waals surface area contributed by atoms with E-state index in [4.69, 9.17) is 0 Å². The van der Waals surface area contributed by atoms with Gasteiger partial charge in [0.1, 0.15) is 11.6 Å². The molecule has 2 aliphatic carbocycles. The molecule has 3 atom stereocenters. The van der Waals surface area contributed by atoms with Crippen LogP contribution in [0.4, 0.5) is 0 Å². The van der Waals surface area contributed by atoms with Crippen molar-refractivity contribution in [3.05, 3.63) is 33.9 Å². The molecule has 0 N–H and O–H groups in total. The Balaban J connectivity index is 0.00000187. The van der Waals surface area contributed by atoms with Crippen LogP contribution in [0.15, 0.2) is 6.07 Å². The third-order valence-corrected chi connectivity index (χ3v) is 9.63. The Kier molecular flexibility index (Phi) is 15.6. The lowest BCUT2D eigenvalue weighted by molar-refractivity contribution is -0.129. The second-order valence-electron chi connectivity index (χ2n) is 13.7. The number of benzene rings is 1. The Labute approximate surface area is 253 Å². The summed E-state index contributed by atoms with van der Waals surface area (Å²) in [7, 11) is 0. The Morgan fingerprint density at radius 3 is 2.20 bits per heavy atom. The molecule has 3 heteroatoms. The van der Waals surface area contributed by atoms with Crippen molar-refractivity contribution in [2.75, 3.05) is 0 Å². The second-order valence-corrected chi connectivity index (χ2v) is 13.7. The summed E-state index contributed by atoms with van der Waals surface area (Å²) in [6.07, 6.45) is 17.2. The molecule has 232 valence electrons. The second kappa shape index (κ2) is 18.0. The molecule has 3 nitrogen and oxygen atoms in total. The van der Waals surface area contributed by atoms with Crippen LogP contribution in [0.25, 0.3) is 0 Å². The van der Waals surface area contributed by atoms with Crippen LogP contribution < -0.4 is 0 Å². The lowest BCUT2D eigenvalue weighted by Crippen LogP contribution is -2.30. The highest BCUT2D eigenvalue weighted by atomic mass is 16.1. The standard InChI is InChI=1S/C35H54O3.C3H8/c1-7-13-29(30(8-2)33(37)18-24(5)36)19-27-20-32-31(23(3)4)22-28(25(6)35(32)34(38)21-27)17-12-16-26-14-10-9-11-15-26;1-3-2/h22-23,26-27,29-30H,7-21H2,1-6H3;3H2,1-2H3. The highest BCUT2D eigenvalue weighted by Crippen LogP contribution is 2.40.